The molecular formula is C16H17Cl2N3. The van der Waals surface area contributed by atoms with Crippen molar-refractivity contribution in [1.82, 2.24) is 9.97 Å². The van der Waals surface area contributed by atoms with Crippen LogP contribution in [0.2, 0.25) is 10.0 Å². The Balaban J connectivity index is 1.99. The molecule has 2 aromatic heterocycles. The first-order valence-corrected chi connectivity index (χ1v) is 8.00. The highest BCUT2D eigenvalue weighted by atomic mass is 35.5. The largest absolute Gasteiger partial charge is 0.369 e. The van der Waals surface area contributed by atoms with Gasteiger partial charge in [-0.05, 0) is 37.0 Å². The summed E-state index contributed by atoms with van der Waals surface area (Å²) in [4.78, 5) is 9.20. The second kappa shape index (κ2) is 6.20. The first kappa shape index (κ1) is 14.6. The number of nitrogens with one attached hydrogen (secondary N) is 1. The van der Waals surface area contributed by atoms with Crippen LogP contribution in [0.3, 0.4) is 0 Å². The van der Waals surface area contributed by atoms with Gasteiger partial charge in [0.25, 0.3) is 0 Å². The third-order valence-corrected chi connectivity index (χ3v) is 4.38. The number of halogens is 2. The summed E-state index contributed by atoms with van der Waals surface area (Å²) in [5.41, 5.74) is 3.26. The molecule has 3 rings (SSSR count). The summed E-state index contributed by atoms with van der Waals surface area (Å²) in [6.45, 7) is 2.95. The average molecular weight is 322 g/mol. The monoisotopic (exact) mass is 321 g/mol. The Morgan fingerprint density at radius 2 is 2.14 bits per heavy atom. The van der Waals surface area contributed by atoms with Gasteiger partial charge in [0.05, 0.1) is 21.4 Å². The van der Waals surface area contributed by atoms with Crippen LogP contribution in [0, 0.1) is 0 Å². The van der Waals surface area contributed by atoms with E-state index in [9.17, 15) is 0 Å². The van der Waals surface area contributed by atoms with E-state index in [0.29, 0.717) is 15.9 Å². The molecule has 0 saturated heterocycles. The number of anilines is 1. The standard InChI is InChI=1S/C16H17Cl2N3/c1-2-7-20-16-13(18)9-12(17)15(21-16)11-6-5-10-4-3-8-19-14(10)11/h3-4,8-9,11H,2,5-7H2,1H3,(H,20,21). The lowest BCUT2D eigenvalue weighted by Crippen LogP contribution is -2.08. The van der Waals surface area contributed by atoms with Crippen LogP contribution in [0.4, 0.5) is 5.82 Å². The molecule has 2 aromatic rings. The van der Waals surface area contributed by atoms with Gasteiger partial charge in [0, 0.05) is 18.7 Å². The minimum Gasteiger partial charge on any atom is -0.369 e. The minimum atomic E-state index is 0.160. The highest BCUT2D eigenvalue weighted by Gasteiger charge is 2.28. The van der Waals surface area contributed by atoms with E-state index in [1.54, 1.807) is 6.07 Å². The summed E-state index contributed by atoms with van der Waals surface area (Å²) >= 11 is 12.6. The van der Waals surface area contributed by atoms with Gasteiger partial charge in [-0.3, -0.25) is 4.98 Å². The summed E-state index contributed by atoms with van der Waals surface area (Å²) in [6.07, 6.45) is 4.86. The van der Waals surface area contributed by atoms with Gasteiger partial charge in [-0.1, -0.05) is 36.2 Å². The summed E-state index contributed by atoms with van der Waals surface area (Å²) < 4.78 is 0. The fourth-order valence-electron chi connectivity index (χ4n) is 2.77. The van der Waals surface area contributed by atoms with Crippen LogP contribution >= 0.6 is 23.2 Å². The molecule has 0 saturated carbocycles. The normalized spacial score (nSPS) is 16.8. The first-order chi connectivity index (χ1) is 10.2. The van der Waals surface area contributed by atoms with Crippen molar-refractivity contribution in [2.45, 2.75) is 32.1 Å². The number of aryl methyl sites for hydroxylation is 1. The minimum absolute atomic E-state index is 0.160. The number of pyridine rings is 2. The van der Waals surface area contributed by atoms with Crippen molar-refractivity contribution in [3.05, 3.63) is 51.4 Å². The van der Waals surface area contributed by atoms with Crippen LogP contribution in [0.5, 0.6) is 0 Å². The van der Waals surface area contributed by atoms with Gasteiger partial charge in [0.2, 0.25) is 0 Å². The number of aromatic nitrogens is 2. The van der Waals surface area contributed by atoms with Gasteiger partial charge in [-0.15, -0.1) is 0 Å². The molecule has 0 radical (unpaired) electrons. The lowest BCUT2D eigenvalue weighted by atomic mass is 10.0. The zero-order valence-corrected chi connectivity index (χ0v) is 13.4. The van der Waals surface area contributed by atoms with Gasteiger partial charge >= 0.3 is 0 Å². The molecule has 0 bridgehead atoms. The second-order valence-electron chi connectivity index (χ2n) is 5.25. The molecular weight excluding hydrogens is 305 g/mol. The molecule has 0 amide bonds. The highest BCUT2D eigenvalue weighted by molar-refractivity contribution is 6.36. The lowest BCUT2D eigenvalue weighted by molar-refractivity contribution is 0.746. The summed E-state index contributed by atoms with van der Waals surface area (Å²) in [5, 5.41) is 4.44. The first-order valence-electron chi connectivity index (χ1n) is 7.24. The summed E-state index contributed by atoms with van der Waals surface area (Å²) in [6, 6.07) is 5.89. The second-order valence-corrected chi connectivity index (χ2v) is 6.07. The van der Waals surface area contributed by atoms with Crippen LogP contribution < -0.4 is 5.32 Å². The zero-order valence-electron chi connectivity index (χ0n) is 11.9. The maximum Gasteiger partial charge on any atom is 0.145 e. The van der Waals surface area contributed by atoms with E-state index in [2.05, 4.69) is 28.3 Å². The van der Waals surface area contributed by atoms with Gasteiger partial charge in [-0.2, -0.15) is 0 Å². The summed E-state index contributed by atoms with van der Waals surface area (Å²) in [5.74, 6) is 0.871. The van der Waals surface area contributed by atoms with Crippen LogP contribution in [0.15, 0.2) is 24.4 Å². The van der Waals surface area contributed by atoms with E-state index in [0.717, 1.165) is 37.2 Å². The third-order valence-electron chi connectivity index (χ3n) is 3.79. The maximum absolute atomic E-state index is 6.38. The Hall–Kier alpha value is -1.32. The quantitative estimate of drug-likeness (QED) is 0.888. The Bertz CT molecular complexity index is 658. The molecule has 2 heterocycles. The van der Waals surface area contributed by atoms with Crippen molar-refractivity contribution in [3.63, 3.8) is 0 Å². The summed E-state index contributed by atoms with van der Waals surface area (Å²) in [7, 11) is 0. The molecule has 5 heteroatoms. The van der Waals surface area contributed by atoms with Crippen LogP contribution in [-0.2, 0) is 6.42 Å². The van der Waals surface area contributed by atoms with E-state index in [1.807, 2.05) is 12.3 Å². The van der Waals surface area contributed by atoms with Gasteiger partial charge in [0.15, 0.2) is 0 Å². The molecule has 3 nitrogen and oxygen atoms in total. The SMILES string of the molecule is CCCNc1nc(C2CCc3cccnc32)c(Cl)cc1Cl. The topological polar surface area (TPSA) is 37.8 Å². The number of hydrogen-bond donors (Lipinski definition) is 1. The van der Waals surface area contributed by atoms with Crippen LogP contribution in [-0.4, -0.2) is 16.5 Å². The molecule has 21 heavy (non-hydrogen) atoms. The molecule has 110 valence electrons. The van der Waals surface area contributed by atoms with Crippen molar-refractivity contribution in [3.8, 4) is 0 Å². The third kappa shape index (κ3) is 2.85. The van der Waals surface area contributed by atoms with E-state index in [4.69, 9.17) is 23.2 Å². The van der Waals surface area contributed by atoms with Gasteiger partial charge in [0.1, 0.15) is 5.82 Å². The highest BCUT2D eigenvalue weighted by Crippen LogP contribution is 2.40. The van der Waals surface area contributed by atoms with Gasteiger partial charge < -0.3 is 5.32 Å². The average Bonchev–Trinajstić information content (AvgIpc) is 2.90. The molecule has 1 atom stereocenters. The van der Waals surface area contributed by atoms with Crippen LogP contribution in [0.25, 0.3) is 0 Å². The predicted octanol–water partition coefficient (Wildman–Crippen LogP) is 4.68. The molecule has 1 aliphatic rings. The van der Waals surface area contributed by atoms with E-state index < -0.39 is 0 Å². The maximum atomic E-state index is 6.38. The Morgan fingerprint density at radius 1 is 1.29 bits per heavy atom. The van der Waals surface area contributed by atoms with Crippen molar-refractivity contribution < 1.29 is 0 Å². The number of nitrogens with zero attached hydrogens (tertiary/aromatic N) is 2. The number of rotatable bonds is 4. The predicted molar refractivity (Wildman–Crippen MR) is 87.4 cm³/mol. The molecule has 0 aromatic carbocycles. The van der Waals surface area contributed by atoms with E-state index in [-0.39, 0.29) is 5.92 Å². The molecule has 0 spiro atoms. The number of hydrogen-bond acceptors (Lipinski definition) is 3. The van der Waals surface area contributed by atoms with Crippen molar-refractivity contribution in [1.29, 1.82) is 0 Å². The van der Waals surface area contributed by atoms with Crippen molar-refractivity contribution >= 4 is 29.0 Å². The molecule has 1 aliphatic carbocycles. The van der Waals surface area contributed by atoms with Crippen molar-refractivity contribution in [2.75, 3.05) is 11.9 Å². The molecule has 1 N–H and O–H groups in total. The number of fused-ring (bicyclic) bond motifs is 1. The van der Waals surface area contributed by atoms with E-state index >= 15 is 0 Å². The fourth-order valence-corrected chi connectivity index (χ4v) is 3.33. The smallest absolute Gasteiger partial charge is 0.145 e. The Labute approximate surface area is 134 Å². The zero-order chi connectivity index (χ0) is 14.8. The Morgan fingerprint density at radius 3 is 2.95 bits per heavy atom. The van der Waals surface area contributed by atoms with E-state index in [1.165, 1.54) is 5.56 Å². The fraction of sp³-hybridized carbons (Fsp3) is 0.375. The van der Waals surface area contributed by atoms with Crippen molar-refractivity contribution in [2.24, 2.45) is 0 Å². The van der Waals surface area contributed by atoms with Crippen LogP contribution in [0.1, 0.15) is 42.6 Å². The lowest BCUT2D eigenvalue weighted by Gasteiger charge is -2.15. The Kier molecular flexibility index (Phi) is 4.32. The molecule has 0 aliphatic heterocycles. The molecule has 0 fully saturated rings. The van der Waals surface area contributed by atoms with Gasteiger partial charge in [-0.25, -0.2) is 4.98 Å². The molecule has 1 unspecified atom stereocenters.